The number of halogens is 1. The zero-order chi connectivity index (χ0) is 24.0. The molecule has 0 saturated heterocycles. The predicted molar refractivity (Wildman–Crippen MR) is 113 cm³/mol. The van der Waals surface area contributed by atoms with Crippen LogP contribution in [-0.2, 0) is 23.4 Å². The van der Waals surface area contributed by atoms with Gasteiger partial charge in [-0.1, -0.05) is 6.42 Å². The molecule has 5 saturated carbocycles. The molecule has 5 aliphatic rings. The Morgan fingerprint density at radius 3 is 2.06 bits per heavy atom. The first-order valence-electron chi connectivity index (χ1n) is 11.7. The van der Waals surface area contributed by atoms with E-state index in [0.29, 0.717) is 55.1 Å². The number of hydrogen-bond donors (Lipinski definition) is 4. The molecule has 2 unspecified atom stereocenters. The first-order chi connectivity index (χ1) is 15.5. The molecule has 0 aromatic heterocycles. The fourth-order valence-electron chi connectivity index (χ4n) is 6.81. The van der Waals surface area contributed by atoms with Gasteiger partial charge >= 0.3 is 25.4 Å². The maximum Gasteiger partial charge on any atom is 0.469 e. The number of carbonyl (C=O) groups is 2. The number of carboxylic acid groups (broad SMARTS) is 2. The molecule has 0 amide bonds. The molecule has 4 N–H and O–H groups in total. The molecule has 5 rings (SSSR count). The molecule has 0 heterocycles. The molecule has 9 nitrogen and oxygen atoms in total. The maximum atomic E-state index is 14.5. The fraction of sp³-hybridized carbons (Fsp3) is 0.818. The van der Waals surface area contributed by atoms with Gasteiger partial charge in [0.15, 0.2) is 0 Å². The monoisotopic (exact) mass is 490 g/mol. The molecule has 5 fully saturated rings. The quantitative estimate of drug-likeness (QED) is 0.216. The van der Waals surface area contributed by atoms with E-state index in [9.17, 15) is 28.3 Å². The average molecular weight is 490 g/mol. The molecule has 5 aliphatic carbocycles. The molecular formula is C22H32FO9P. The van der Waals surface area contributed by atoms with Gasteiger partial charge in [0, 0.05) is 12.3 Å². The predicted octanol–water partition coefficient (Wildman–Crippen LogP) is 3.65. The highest BCUT2D eigenvalue weighted by atomic mass is 31.2. The molecule has 2 atom stereocenters. The number of phosphoric acid groups is 1. The summed E-state index contributed by atoms with van der Waals surface area (Å²) in [5, 5.41) is 18.1. The molecule has 0 spiro atoms. The van der Waals surface area contributed by atoms with E-state index in [4.69, 9.17) is 19.5 Å². The van der Waals surface area contributed by atoms with Crippen LogP contribution in [0, 0.1) is 29.6 Å². The van der Waals surface area contributed by atoms with Crippen LogP contribution in [-0.4, -0.2) is 50.3 Å². The van der Waals surface area contributed by atoms with Crippen LogP contribution in [0.3, 0.4) is 0 Å². The second kappa shape index (κ2) is 9.29. The summed E-state index contributed by atoms with van der Waals surface area (Å²) in [5.74, 6) is -1.60. The standard InChI is InChI=1S/C22H32FO9P/c23-22(20(24)25,21(26)27)4-5-31-19(14-2-1-3-17(11-14)32-33(28,29)30)18-15-7-12-6-13(9-15)10-16(18)8-12/h12-17H,1-11H2,(H,24,25)(H,26,27)(H2,28,29,30). The first-order valence-corrected chi connectivity index (χ1v) is 13.3. The highest BCUT2D eigenvalue weighted by Gasteiger charge is 2.49. The van der Waals surface area contributed by atoms with Crippen LogP contribution >= 0.6 is 7.82 Å². The van der Waals surface area contributed by atoms with Gasteiger partial charge in [0.2, 0.25) is 0 Å². The fourth-order valence-corrected chi connectivity index (χ4v) is 7.39. The Morgan fingerprint density at radius 1 is 0.970 bits per heavy atom. The van der Waals surface area contributed by atoms with Crippen LogP contribution in [0.25, 0.3) is 0 Å². The molecular weight excluding hydrogens is 458 g/mol. The minimum Gasteiger partial charge on any atom is -0.498 e. The minimum atomic E-state index is -4.65. The van der Waals surface area contributed by atoms with Crippen LogP contribution in [0.2, 0.25) is 0 Å². The Kier molecular flexibility index (Phi) is 6.93. The van der Waals surface area contributed by atoms with Gasteiger partial charge in [0.1, 0.15) is 0 Å². The second-order valence-corrected chi connectivity index (χ2v) is 11.4. The lowest BCUT2D eigenvalue weighted by Crippen LogP contribution is -2.44. The smallest absolute Gasteiger partial charge is 0.469 e. The molecule has 0 aromatic carbocycles. The van der Waals surface area contributed by atoms with Gasteiger partial charge in [-0.2, -0.15) is 0 Å². The van der Waals surface area contributed by atoms with Gasteiger partial charge in [-0.05, 0) is 80.6 Å². The number of allylic oxidation sites excluding steroid dienone is 2. The van der Waals surface area contributed by atoms with Crippen molar-refractivity contribution >= 4 is 19.8 Å². The SMILES string of the molecule is O=C(O)C(F)(CCOC(=C1C2CC3CC(C2)CC1C3)C1CCCC(OP(=O)(O)O)C1)C(=O)O. The molecule has 0 aromatic rings. The van der Waals surface area contributed by atoms with E-state index in [-0.39, 0.29) is 5.92 Å². The molecule has 0 aliphatic heterocycles. The number of hydrogen-bond acceptors (Lipinski definition) is 5. The summed E-state index contributed by atoms with van der Waals surface area (Å²) in [6.07, 6.45) is 6.25. The third-order valence-corrected chi connectivity index (χ3v) is 8.54. The molecule has 11 heteroatoms. The van der Waals surface area contributed by atoms with Gasteiger partial charge in [0.25, 0.3) is 0 Å². The van der Waals surface area contributed by atoms with E-state index in [2.05, 4.69) is 0 Å². The Balaban J connectivity index is 1.57. The number of phosphoric ester groups is 1. The van der Waals surface area contributed by atoms with Gasteiger partial charge in [0.05, 0.1) is 18.5 Å². The molecule has 33 heavy (non-hydrogen) atoms. The lowest BCUT2D eigenvalue weighted by molar-refractivity contribution is -0.168. The summed E-state index contributed by atoms with van der Waals surface area (Å²) < 4.78 is 36.9. The zero-order valence-electron chi connectivity index (χ0n) is 18.4. The highest BCUT2D eigenvalue weighted by Crippen LogP contribution is 2.58. The lowest BCUT2D eigenvalue weighted by Gasteiger charge is -2.52. The second-order valence-electron chi connectivity index (χ2n) is 10.2. The summed E-state index contributed by atoms with van der Waals surface area (Å²) in [4.78, 5) is 40.9. The number of ether oxygens (including phenoxy) is 1. The summed E-state index contributed by atoms with van der Waals surface area (Å²) in [5.41, 5.74) is -2.25. The molecule has 4 bridgehead atoms. The maximum absolute atomic E-state index is 14.5. The van der Waals surface area contributed by atoms with Crippen molar-refractivity contribution in [3.05, 3.63) is 11.3 Å². The minimum absolute atomic E-state index is 0.188. The van der Waals surface area contributed by atoms with E-state index in [1.807, 2.05) is 0 Å². The van der Waals surface area contributed by atoms with E-state index in [1.54, 1.807) is 0 Å². The Morgan fingerprint density at radius 2 is 1.55 bits per heavy atom. The molecule has 0 radical (unpaired) electrons. The van der Waals surface area contributed by atoms with Gasteiger partial charge in [-0.3, -0.25) is 4.52 Å². The number of carboxylic acids is 2. The third-order valence-electron chi connectivity index (χ3n) is 7.97. The van der Waals surface area contributed by atoms with Crippen LogP contribution in [0.5, 0.6) is 0 Å². The van der Waals surface area contributed by atoms with Crippen molar-refractivity contribution in [2.75, 3.05) is 6.61 Å². The summed E-state index contributed by atoms with van der Waals surface area (Å²) in [6.45, 7) is -0.402. The van der Waals surface area contributed by atoms with Crippen LogP contribution in [0.4, 0.5) is 4.39 Å². The average Bonchev–Trinajstić information content (AvgIpc) is 2.70. The van der Waals surface area contributed by atoms with E-state index >= 15 is 0 Å². The zero-order valence-corrected chi connectivity index (χ0v) is 19.3. The third kappa shape index (κ3) is 5.29. The van der Waals surface area contributed by atoms with E-state index < -0.39 is 44.6 Å². The number of alkyl halides is 1. The van der Waals surface area contributed by atoms with Crippen molar-refractivity contribution in [3.63, 3.8) is 0 Å². The van der Waals surface area contributed by atoms with Crippen molar-refractivity contribution in [1.29, 1.82) is 0 Å². The highest BCUT2D eigenvalue weighted by molar-refractivity contribution is 7.46. The van der Waals surface area contributed by atoms with Gasteiger partial charge in [-0.15, -0.1) is 0 Å². The van der Waals surface area contributed by atoms with Gasteiger partial charge in [-0.25, -0.2) is 18.5 Å². The lowest BCUT2D eigenvalue weighted by atomic mass is 9.53. The van der Waals surface area contributed by atoms with Gasteiger partial charge < -0.3 is 24.7 Å². The number of rotatable bonds is 9. The van der Waals surface area contributed by atoms with Crippen molar-refractivity contribution in [2.24, 2.45) is 29.6 Å². The van der Waals surface area contributed by atoms with Crippen molar-refractivity contribution in [1.82, 2.24) is 0 Å². The molecule has 186 valence electrons. The van der Waals surface area contributed by atoms with Crippen molar-refractivity contribution in [3.8, 4) is 0 Å². The Bertz CT molecular complexity index is 822. The first kappa shape index (κ1) is 24.6. The summed E-state index contributed by atoms with van der Waals surface area (Å²) in [7, 11) is -4.65. The normalized spacial score (nSPS) is 33.7. The summed E-state index contributed by atoms with van der Waals surface area (Å²) >= 11 is 0. The van der Waals surface area contributed by atoms with Crippen molar-refractivity contribution < 1.29 is 47.8 Å². The van der Waals surface area contributed by atoms with E-state index in [0.717, 1.165) is 25.7 Å². The topological polar surface area (TPSA) is 151 Å². The van der Waals surface area contributed by atoms with Crippen LogP contribution in [0.15, 0.2) is 11.3 Å². The summed E-state index contributed by atoms with van der Waals surface area (Å²) in [6, 6.07) is 0. The van der Waals surface area contributed by atoms with Crippen LogP contribution < -0.4 is 0 Å². The Labute approximate surface area is 191 Å². The Hall–Kier alpha value is -1.48. The van der Waals surface area contributed by atoms with Crippen LogP contribution in [0.1, 0.15) is 64.2 Å². The van der Waals surface area contributed by atoms with E-state index in [1.165, 1.54) is 12.0 Å². The van der Waals surface area contributed by atoms with Crippen molar-refractivity contribution in [2.45, 2.75) is 76.0 Å². The largest absolute Gasteiger partial charge is 0.498 e. The number of aliphatic carboxylic acids is 2.